The van der Waals surface area contributed by atoms with Gasteiger partial charge in [0.1, 0.15) is 11.8 Å². The van der Waals surface area contributed by atoms with Crippen molar-refractivity contribution in [2.45, 2.75) is 32.2 Å². The number of benzene rings is 2. The predicted octanol–water partition coefficient (Wildman–Crippen LogP) is 5.22. The summed E-state index contributed by atoms with van der Waals surface area (Å²) < 4.78 is 7.74. The molecule has 4 aromatic rings. The highest BCUT2D eigenvalue weighted by Crippen LogP contribution is 2.42. The number of anilines is 4. The van der Waals surface area contributed by atoms with Crippen molar-refractivity contribution in [3.63, 3.8) is 0 Å². The number of nitriles is 1. The van der Waals surface area contributed by atoms with E-state index in [0.29, 0.717) is 34.3 Å². The highest BCUT2D eigenvalue weighted by Gasteiger charge is 2.33. The molecule has 3 heterocycles. The van der Waals surface area contributed by atoms with Crippen molar-refractivity contribution in [1.82, 2.24) is 14.5 Å². The van der Waals surface area contributed by atoms with Crippen LogP contribution in [0.15, 0.2) is 48.8 Å². The molecule has 178 valence electrons. The molecule has 2 aromatic carbocycles. The van der Waals surface area contributed by atoms with Crippen LogP contribution in [0.3, 0.4) is 0 Å². The second-order valence-electron chi connectivity index (χ2n) is 9.54. The molecule has 1 fully saturated rings. The van der Waals surface area contributed by atoms with E-state index in [4.69, 9.17) is 15.5 Å². The maximum absolute atomic E-state index is 9.74. The number of rotatable bonds is 5. The molecule has 3 N–H and O–H groups in total. The van der Waals surface area contributed by atoms with Crippen molar-refractivity contribution in [3.05, 3.63) is 54.4 Å². The number of nitrogens with two attached hydrogens (primary N) is 1. The maximum atomic E-state index is 9.74. The van der Waals surface area contributed by atoms with Crippen LogP contribution in [-0.2, 0) is 7.05 Å². The molecule has 0 unspecified atom stereocenters. The molecule has 1 aliphatic rings. The molecule has 1 saturated heterocycles. The van der Waals surface area contributed by atoms with Gasteiger partial charge in [0.2, 0.25) is 5.95 Å². The minimum absolute atomic E-state index is 0.0394. The number of methoxy groups -OCH3 is 1. The Hall–Kier alpha value is -4.25. The lowest BCUT2D eigenvalue weighted by atomic mass is 10.0. The molecule has 0 atom stereocenters. The molecule has 0 spiro atoms. The number of aryl methyl sites for hydroxylation is 1. The van der Waals surface area contributed by atoms with Gasteiger partial charge in [-0.25, -0.2) is 9.97 Å². The molecular formula is C27H29N7O. The molecule has 0 amide bonds. The van der Waals surface area contributed by atoms with E-state index in [1.165, 1.54) is 0 Å². The first kappa shape index (κ1) is 22.5. The summed E-state index contributed by atoms with van der Waals surface area (Å²) in [5.41, 5.74) is 11.8. The lowest BCUT2D eigenvalue weighted by Crippen LogP contribution is -2.38. The second kappa shape index (κ2) is 8.51. The van der Waals surface area contributed by atoms with Crippen LogP contribution in [0.5, 0.6) is 5.75 Å². The van der Waals surface area contributed by atoms with Gasteiger partial charge in [0.15, 0.2) is 0 Å². The summed E-state index contributed by atoms with van der Waals surface area (Å²) in [7, 11) is 3.62. The fraction of sp³-hybridized carbons (Fsp3) is 0.296. The first-order valence-corrected chi connectivity index (χ1v) is 11.7. The van der Waals surface area contributed by atoms with Gasteiger partial charge in [-0.2, -0.15) is 5.26 Å². The van der Waals surface area contributed by atoms with Crippen LogP contribution in [-0.4, -0.2) is 33.7 Å². The summed E-state index contributed by atoms with van der Waals surface area (Å²) in [6.45, 7) is 5.43. The highest BCUT2D eigenvalue weighted by atomic mass is 16.5. The van der Waals surface area contributed by atoms with E-state index < -0.39 is 0 Å². The Labute approximate surface area is 205 Å². The van der Waals surface area contributed by atoms with E-state index in [2.05, 4.69) is 35.1 Å². The van der Waals surface area contributed by atoms with Crippen LogP contribution in [0.4, 0.5) is 23.0 Å². The zero-order valence-corrected chi connectivity index (χ0v) is 20.5. The van der Waals surface area contributed by atoms with Crippen molar-refractivity contribution in [2.75, 3.05) is 29.6 Å². The van der Waals surface area contributed by atoms with E-state index in [1.807, 2.05) is 54.2 Å². The van der Waals surface area contributed by atoms with Gasteiger partial charge < -0.3 is 25.3 Å². The molecule has 0 saturated carbocycles. The molecule has 0 radical (unpaired) electrons. The van der Waals surface area contributed by atoms with Crippen LogP contribution in [0, 0.1) is 11.3 Å². The smallest absolute Gasteiger partial charge is 0.227 e. The number of nitrogen functional groups attached to an aromatic ring is 1. The maximum Gasteiger partial charge on any atom is 0.227 e. The van der Waals surface area contributed by atoms with E-state index >= 15 is 0 Å². The van der Waals surface area contributed by atoms with Gasteiger partial charge in [0.25, 0.3) is 0 Å². The quantitative estimate of drug-likeness (QED) is 0.388. The van der Waals surface area contributed by atoms with Crippen LogP contribution in [0.1, 0.15) is 32.3 Å². The van der Waals surface area contributed by atoms with Gasteiger partial charge in [-0.05, 0) is 38.8 Å². The van der Waals surface area contributed by atoms with E-state index in [-0.39, 0.29) is 5.54 Å². The molecular weight excluding hydrogens is 438 g/mol. The number of fused-ring (bicyclic) bond motifs is 1. The Balaban J connectivity index is 1.55. The summed E-state index contributed by atoms with van der Waals surface area (Å²) in [6.07, 6.45) is 5.78. The Kier molecular flexibility index (Phi) is 5.48. The summed E-state index contributed by atoms with van der Waals surface area (Å²) in [6, 6.07) is 14.1. The van der Waals surface area contributed by atoms with Crippen molar-refractivity contribution in [2.24, 2.45) is 7.05 Å². The van der Waals surface area contributed by atoms with Gasteiger partial charge in [0, 0.05) is 47.9 Å². The summed E-state index contributed by atoms with van der Waals surface area (Å²) in [5.74, 6) is 1.01. The third-order valence-electron chi connectivity index (χ3n) is 6.85. The van der Waals surface area contributed by atoms with Crippen molar-refractivity contribution in [3.8, 4) is 23.1 Å². The molecule has 1 aliphatic heterocycles. The van der Waals surface area contributed by atoms with Crippen LogP contribution in [0.2, 0.25) is 0 Å². The SMILES string of the molecule is COc1cc(N2CCCC2(C)C)c(N)cc1Nc1ncc(C#N)c(-c2cn(C)c3ccccc23)n1. The van der Waals surface area contributed by atoms with Gasteiger partial charge in [-0.3, -0.25) is 0 Å². The minimum atomic E-state index is 0.0394. The molecule has 0 aliphatic carbocycles. The molecule has 2 aromatic heterocycles. The predicted molar refractivity (Wildman–Crippen MR) is 140 cm³/mol. The van der Waals surface area contributed by atoms with Crippen molar-refractivity contribution < 1.29 is 4.74 Å². The lowest BCUT2D eigenvalue weighted by Gasteiger charge is -2.35. The van der Waals surface area contributed by atoms with E-state index in [9.17, 15) is 5.26 Å². The Morgan fingerprint density at radius 2 is 2.03 bits per heavy atom. The van der Waals surface area contributed by atoms with Gasteiger partial charge in [-0.15, -0.1) is 0 Å². The number of ether oxygens (including phenoxy) is 1. The average molecular weight is 468 g/mol. The lowest BCUT2D eigenvalue weighted by molar-refractivity contribution is 0.416. The van der Waals surface area contributed by atoms with Crippen molar-refractivity contribution >= 4 is 33.9 Å². The average Bonchev–Trinajstić information content (AvgIpc) is 3.38. The first-order valence-electron chi connectivity index (χ1n) is 11.7. The largest absolute Gasteiger partial charge is 0.494 e. The number of hydrogen-bond acceptors (Lipinski definition) is 7. The Morgan fingerprint density at radius 1 is 1.23 bits per heavy atom. The first-order chi connectivity index (χ1) is 16.8. The summed E-state index contributed by atoms with van der Waals surface area (Å²) >= 11 is 0. The van der Waals surface area contributed by atoms with Crippen LogP contribution >= 0.6 is 0 Å². The molecule has 5 rings (SSSR count). The van der Waals surface area contributed by atoms with E-state index in [1.54, 1.807) is 13.3 Å². The normalized spacial score (nSPS) is 14.8. The van der Waals surface area contributed by atoms with E-state index in [0.717, 1.165) is 41.5 Å². The number of nitrogens with zero attached hydrogens (tertiary/aromatic N) is 5. The van der Waals surface area contributed by atoms with Gasteiger partial charge in [0.05, 0.1) is 41.6 Å². The highest BCUT2D eigenvalue weighted by molar-refractivity contribution is 5.96. The molecule has 0 bridgehead atoms. The number of aromatic nitrogens is 3. The third kappa shape index (κ3) is 3.89. The Bertz CT molecular complexity index is 1460. The monoisotopic (exact) mass is 467 g/mol. The molecule has 8 heteroatoms. The molecule has 35 heavy (non-hydrogen) atoms. The number of para-hydroxylation sites is 1. The van der Waals surface area contributed by atoms with Crippen LogP contribution < -0.4 is 20.7 Å². The van der Waals surface area contributed by atoms with Gasteiger partial charge in [-0.1, -0.05) is 18.2 Å². The number of hydrogen-bond donors (Lipinski definition) is 2. The fourth-order valence-electron chi connectivity index (χ4n) is 5.02. The standard InChI is InChI=1S/C27H29N7O/c1-27(2)10-7-11-34(27)23-13-24(35-4)21(12-20(23)29)31-26-30-15-17(14-28)25(32-26)19-16-33(3)22-9-6-5-8-18(19)22/h5-6,8-9,12-13,15-16H,7,10-11,29H2,1-4H3,(H,30,31,32). The third-order valence-corrected chi connectivity index (χ3v) is 6.85. The fourth-order valence-corrected chi connectivity index (χ4v) is 5.02. The minimum Gasteiger partial charge on any atom is -0.494 e. The zero-order chi connectivity index (χ0) is 24.7. The summed E-state index contributed by atoms with van der Waals surface area (Å²) in [5, 5.41) is 14.0. The second-order valence-corrected chi connectivity index (χ2v) is 9.54. The zero-order valence-electron chi connectivity index (χ0n) is 20.5. The number of nitrogens with one attached hydrogen (secondary N) is 1. The van der Waals surface area contributed by atoms with Gasteiger partial charge >= 0.3 is 0 Å². The van der Waals surface area contributed by atoms with Crippen LogP contribution in [0.25, 0.3) is 22.2 Å². The molecule has 8 nitrogen and oxygen atoms in total. The summed E-state index contributed by atoms with van der Waals surface area (Å²) in [4.78, 5) is 11.5. The topological polar surface area (TPSA) is 105 Å². The van der Waals surface area contributed by atoms with Crippen molar-refractivity contribution in [1.29, 1.82) is 5.26 Å². The Morgan fingerprint density at radius 3 is 2.74 bits per heavy atom.